The van der Waals surface area contributed by atoms with Crippen LogP contribution in [0.2, 0.25) is 0 Å². The first-order valence-corrected chi connectivity index (χ1v) is 12.4. The molecule has 0 bridgehead atoms. The molecular weight excluding hydrogens is 452 g/mol. The first-order chi connectivity index (χ1) is 17.5. The SMILES string of the molecule is CCN1CCC(C)CC1.COc1ccc(-c2cccc3nc(Nc4ccc(C(N)=O)cc4)nn23)cc1. The maximum absolute atomic E-state index is 11.2. The molecule has 4 aromatic rings. The second-order valence-corrected chi connectivity index (χ2v) is 9.03. The Morgan fingerprint density at radius 3 is 2.36 bits per heavy atom. The van der Waals surface area contributed by atoms with E-state index in [1.165, 1.54) is 32.5 Å². The number of nitrogens with zero attached hydrogens (tertiary/aromatic N) is 4. The molecule has 3 N–H and O–H groups in total. The number of piperidine rings is 1. The van der Waals surface area contributed by atoms with E-state index >= 15 is 0 Å². The number of fused-ring (bicyclic) bond motifs is 1. The minimum atomic E-state index is -0.462. The van der Waals surface area contributed by atoms with Crippen molar-refractivity contribution >= 4 is 23.2 Å². The number of carbonyl (C=O) groups is 1. The summed E-state index contributed by atoms with van der Waals surface area (Å²) in [6, 6.07) is 20.4. The number of aromatic nitrogens is 3. The Bertz CT molecular complexity index is 1280. The summed E-state index contributed by atoms with van der Waals surface area (Å²) >= 11 is 0. The lowest BCUT2D eigenvalue weighted by Crippen LogP contribution is -2.32. The van der Waals surface area contributed by atoms with Gasteiger partial charge in [-0.05, 0) is 99.1 Å². The molecule has 0 saturated carbocycles. The molecule has 2 aromatic heterocycles. The van der Waals surface area contributed by atoms with Crippen LogP contribution in [0.5, 0.6) is 5.75 Å². The Morgan fingerprint density at radius 1 is 1.06 bits per heavy atom. The maximum Gasteiger partial charge on any atom is 0.248 e. The Morgan fingerprint density at radius 2 is 1.75 bits per heavy atom. The molecule has 1 aliphatic rings. The van der Waals surface area contributed by atoms with Crippen LogP contribution in [-0.4, -0.2) is 52.1 Å². The van der Waals surface area contributed by atoms with E-state index in [0.29, 0.717) is 11.5 Å². The first-order valence-electron chi connectivity index (χ1n) is 12.4. The second-order valence-electron chi connectivity index (χ2n) is 9.03. The number of nitrogens with one attached hydrogen (secondary N) is 1. The molecule has 1 amide bonds. The normalized spacial score (nSPS) is 14.2. The van der Waals surface area contributed by atoms with Crippen molar-refractivity contribution in [2.24, 2.45) is 11.7 Å². The zero-order valence-corrected chi connectivity index (χ0v) is 21.1. The average molecular weight is 487 g/mol. The number of primary amides is 1. The van der Waals surface area contributed by atoms with Gasteiger partial charge in [0.25, 0.3) is 0 Å². The third-order valence-corrected chi connectivity index (χ3v) is 6.49. The Labute approximate surface area is 212 Å². The summed E-state index contributed by atoms with van der Waals surface area (Å²) in [5.74, 6) is 1.78. The van der Waals surface area contributed by atoms with Crippen molar-refractivity contribution in [1.29, 1.82) is 0 Å². The summed E-state index contributed by atoms with van der Waals surface area (Å²) in [5.41, 5.74) is 9.12. The van der Waals surface area contributed by atoms with Gasteiger partial charge in [0.2, 0.25) is 11.9 Å². The van der Waals surface area contributed by atoms with Gasteiger partial charge in [-0.25, -0.2) is 4.52 Å². The third-order valence-electron chi connectivity index (χ3n) is 6.49. The molecule has 0 unspecified atom stereocenters. The molecule has 1 aliphatic heterocycles. The van der Waals surface area contributed by atoms with Crippen LogP contribution in [0.15, 0.2) is 66.7 Å². The lowest BCUT2D eigenvalue weighted by atomic mass is 9.99. The highest BCUT2D eigenvalue weighted by Gasteiger charge is 2.13. The van der Waals surface area contributed by atoms with Gasteiger partial charge in [-0.3, -0.25) is 4.79 Å². The maximum atomic E-state index is 11.2. The molecule has 3 heterocycles. The lowest BCUT2D eigenvalue weighted by molar-refractivity contribution is 0.100. The molecule has 36 heavy (non-hydrogen) atoms. The molecular formula is C28H34N6O2. The summed E-state index contributed by atoms with van der Waals surface area (Å²) in [6.07, 6.45) is 2.82. The minimum absolute atomic E-state index is 0.449. The molecule has 8 nitrogen and oxygen atoms in total. The highest BCUT2D eigenvalue weighted by atomic mass is 16.5. The van der Waals surface area contributed by atoms with E-state index in [9.17, 15) is 4.79 Å². The predicted molar refractivity (Wildman–Crippen MR) is 144 cm³/mol. The molecule has 1 saturated heterocycles. The fourth-order valence-corrected chi connectivity index (χ4v) is 4.16. The molecule has 5 rings (SSSR count). The van der Waals surface area contributed by atoms with E-state index in [-0.39, 0.29) is 0 Å². The third kappa shape index (κ3) is 6.20. The van der Waals surface area contributed by atoms with Crippen LogP contribution in [0.4, 0.5) is 11.6 Å². The van der Waals surface area contributed by atoms with Gasteiger partial charge in [0.1, 0.15) is 5.75 Å². The predicted octanol–water partition coefficient (Wildman–Crippen LogP) is 4.99. The highest BCUT2D eigenvalue weighted by molar-refractivity contribution is 5.93. The second kappa shape index (κ2) is 11.7. The number of benzene rings is 2. The topological polar surface area (TPSA) is 97.8 Å². The van der Waals surface area contributed by atoms with E-state index < -0.39 is 5.91 Å². The van der Waals surface area contributed by atoms with E-state index in [2.05, 4.69) is 34.1 Å². The Hall–Kier alpha value is -3.91. The smallest absolute Gasteiger partial charge is 0.248 e. The van der Waals surface area contributed by atoms with Crippen LogP contribution in [0.3, 0.4) is 0 Å². The number of nitrogens with two attached hydrogens (primary N) is 1. The van der Waals surface area contributed by atoms with E-state index in [4.69, 9.17) is 10.5 Å². The number of anilines is 2. The van der Waals surface area contributed by atoms with Crippen molar-refractivity contribution < 1.29 is 9.53 Å². The number of rotatable bonds is 6. The number of carbonyl (C=O) groups excluding carboxylic acids is 1. The molecule has 2 aromatic carbocycles. The summed E-state index contributed by atoms with van der Waals surface area (Å²) in [7, 11) is 1.64. The zero-order chi connectivity index (χ0) is 25.5. The Kier molecular flexibility index (Phi) is 8.17. The van der Waals surface area contributed by atoms with Gasteiger partial charge in [-0.1, -0.05) is 19.9 Å². The summed E-state index contributed by atoms with van der Waals surface area (Å²) in [6.45, 7) is 8.51. The van der Waals surface area contributed by atoms with Gasteiger partial charge in [0.15, 0.2) is 5.65 Å². The largest absolute Gasteiger partial charge is 0.497 e. The number of hydrogen-bond acceptors (Lipinski definition) is 6. The summed E-state index contributed by atoms with van der Waals surface area (Å²) in [5, 5.41) is 7.70. The van der Waals surface area contributed by atoms with E-state index in [1.807, 2.05) is 42.5 Å². The van der Waals surface area contributed by atoms with Crippen LogP contribution in [0, 0.1) is 5.92 Å². The van der Waals surface area contributed by atoms with Crippen molar-refractivity contribution in [3.8, 4) is 17.0 Å². The molecule has 0 spiro atoms. The van der Waals surface area contributed by atoms with Gasteiger partial charge in [0, 0.05) is 16.8 Å². The monoisotopic (exact) mass is 486 g/mol. The van der Waals surface area contributed by atoms with Crippen molar-refractivity contribution in [2.75, 3.05) is 32.1 Å². The molecule has 0 atom stereocenters. The molecule has 0 radical (unpaired) electrons. The lowest BCUT2D eigenvalue weighted by Gasteiger charge is -2.28. The summed E-state index contributed by atoms with van der Waals surface area (Å²) < 4.78 is 6.99. The number of hydrogen-bond donors (Lipinski definition) is 2. The number of pyridine rings is 1. The van der Waals surface area contributed by atoms with Crippen molar-refractivity contribution in [3.63, 3.8) is 0 Å². The fourth-order valence-electron chi connectivity index (χ4n) is 4.16. The molecule has 8 heteroatoms. The van der Waals surface area contributed by atoms with Gasteiger partial charge >= 0.3 is 0 Å². The standard InChI is InChI=1S/C20H17N5O2.C8H17N/c1-27-16-11-7-13(8-12-16)17-3-2-4-18-23-20(24-25(17)18)22-15-9-5-14(6-10-15)19(21)26;1-3-9-6-4-8(2)5-7-9/h2-12H,1H3,(H2,21,26)(H,22,24);8H,3-7H2,1-2H3. The van der Waals surface area contributed by atoms with Crippen LogP contribution < -0.4 is 15.8 Å². The highest BCUT2D eigenvalue weighted by Crippen LogP contribution is 2.24. The Balaban J connectivity index is 0.000000286. The van der Waals surface area contributed by atoms with Gasteiger partial charge in [-0.15, -0.1) is 5.10 Å². The van der Waals surface area contributed by atoms with Crippen LogP contribution in [0.25, 0.3) is 16.9 Å². The quantitative estimate of drug-likeness (QED) is 0.399. The van der Waals surface area contributed by atoms with Gasteiger partial charge in [-0.2, -0.15) is 4.98 Å². The van der Waals surface area contributed by atoms with Crippen LogP contribution in [-0.2, 0) is 0 Å². The first kappa shape index (κ1) is 25.2. The average Bonchev–Trinajstić information content (AvgIpc) is 3.32. The van der Waals surface area contributed by atoms with Gasteiger partial charge < -0.3 is 20.7 Å². The molecule has 0 aliphatic carbocycles. The van der Waals surface area contributed by atoms with Crippen molar-refractivity contribution in [1.82, 2.24) is 19.5 Å². The van der Waals surface area contributed by atoms with Gasteiger partial charge in [0.05, 0.1) is 12.8 Å². The number of ether oxygens (including phenoxy) is 1. The fraction of sp³-hybridized carbons (Fsp3) is 0.321. The van der Waals surface area contributed by atoms with Crippen LogP contribution in [0.1, 0.15) is 37.0 Å². The number of methoxy groups -OCH3 is 1. The van der Waals surface area contributed by atoms with Crippen molar-refractivity contribution in [2.45, 2.75) is 26.7 Å². The molecule has 1 fully saturated rings. The molecule has 188 valence electrons. The van der Waals surface area contributed by atoms with Crippen LogP contribution >= 0.6 is 0 Å². The minimum Gasteiger partial charge on any atom is -0.497 e. The number of amides is 1. The van der Waals surface area contributed by atoms with E-state index in [1.54, 1.807) is 35.9 Å². The zero-order valence-electron chi connectivity index (χ0n) is 21.1. The number of likely N-dealkylation sites (tertiary alicyclic amines) is 1. The summed E-state index contributed by atoms with van der Waals surface area (Å²) in [4.78, 5) is 18.2. The van der Waals surface area contributed by atoms with Crippen molar-refractivity contribution in [3.05, 3.63) is 72.3 Å². The van der Waals surface area contributed by atoms with E-state index in [0.717, 1.165) is 34.3 Å².